The van der Waals surface area contributed by atoms with Gasteiger partial charge in [-0.1, -0.05) is 30.3 Å². The van der Waals surface area contributed by atoms with Gasteiger partial charge in [0.2, 0.25) is 0 Å². The number of carbonyl (C=O) groups excluding carboxylic acids is 2. The normalized spacial score (nSPS) is 9.74. The monoisotopic (exact) mass is 265 g/mol. The number of Topliss-reactive ketones (excluding diaryl/α,β-unsaturated/α-hetero) is 1. The van der Waals surface area contributed by atoms with Crippen molar-refractivity contribution in [1.82, 2.24) is 4.90 Å². The zero-order valence-corrected chi connectivity index (χ0v) is 10.5. The topological polar surface area (TPSA) is 83.9 Å². The Bertz CT molecular complexity index is 441. The molecule has 1 aromatic carbocycles. The molecule has 0 saturated carbocycles. The predicted octanol–water partition coefficient (Wildman–Crippen LogP) is 1.30. The molecule has 0 radical (unpaired) electrons. The first-order valence-corrected chi connectivity index (χ1v) is 5.66. The van der Waals surface area contributed by atoms with Crippen LogP contribution in [0.4, 0.5) is 4.79 Å². The van der Waals surface area contributed by atoms with Gasteiger partial charge in [0.15, 0.2) is 0 Å². The average molecular weight is 265 g/mol. The van der Waals surface area contributed by atoms with Gasteiger partial charge in [0, 0.05) is 0 Å². The van der Waals surface area contributed by atoms with Crippen molar-refractivity contribution >= 4 is 17.8 Å². The summed E-state index contributed by atoms with van der Waals surface area (Å²) in [6.45, 7) is 0.472. The lowest BCUT2D eigenvalue weighted by molar-refractivity contribution is -0.138. The molecule has 0 atom stereocenters. The zero-order valence-electron chi connectivity index (χ0n) is 10.5. The van der Waals surface area contributed by atoms with Crippen molar-refractivity contribution in [1.29, 1.82) is 0 Å². The van der Waals surface area contributed by atoms with Crippen LogP contribution in [0.25, 0.3) is 0 Å². The van der Waals surface area contributed by atoms with E-state index in [1.807, 2.05) is 6.07 Å². The molecule has 0 heterocycles. The number of carbonyl (C=O) groups is 3. The van der Waals surface area contributed by atoms with Crippen LogP contribution in [0.3, 0.4) is 0 Å². The summed E-state index contributed by atoms with van der Waals surface area (Å²) in [5, 5.41) is 8.67. The number of carboxylic acids is 1. The van der Waals surface area contributed by atoms with Crippen molar-refractivity contribution in [2.45, 2.75) is 13.5 Å². The maximum Gasteiger partial charge on any atom is 0.411 e. The van der Waals surface area contributed by atoms with Crippen molar-refractivity contribution in [3.8, 4) is 0 Å². The molecule has 102 valence electrons. The SMILES string of the molecule is CC(=O)CN(CC(=O)O)C(=O)OCc1ccccc1. The van der Waals surface area contributed by atoms with Crippen LogP contribution in [0.1, 0.15) is 12.5 Å². The van der Waals surface area contributed by atoms with Crippen LogP contribution in [-0.4, -0.2) is 40.9 Å². The summed E-state index contributed by atoms with van der Waals surface area (Å²) in [7, 11) is 0. The van der Waals surface area contributed by atoms with Crippen molar-refractivity contribution in [2.75, 3.05) is 13.1 Å². The molecule has 0 aromatic heterocycles. The van der Waals surface area contributed by atoms with Gasteiger partial charge >= 0.3 is 12.1 Å². The second kappa shape index (κ2) is 7.15. The van der Waals surface area contributed by atoms with Gasteiger partial charge in [-0.25, -0.2) is 4.79 Å². The van der Waals surface area contributed by atoms with E-state index < -0.39 is 18.6 Å². The standard InChI is InChI=1S/C13H15NO5/c1-10(15)7-14(8-12(16)17)13(18)19-9-11-5-3-2-4-6-11/h2-6H,7-9H2,1H3,(H,16,17). The number of ketones is 1. The van der Waals surface area contributed by atoms with E-state index in [-0.39, 0.29) is 18.9 Å². The van der Waals surface area contributed by atoms with E-state index in [2.05, 4.69) is 0 Å². The van der Waals surface area contributed by atoms with Gasteiger partial charge in [-0.3, -0.25) is 14.5 Å². The largest absolute Gasteiger partial charge is 0.480 e. The fraction of sp³-hybridized carbons (Fsp3) is 0.308. The highest BCUT2D eigenvalue weighted by Crippen LogP contribution is 2.03. The highest BCUT2D eigenvalue weighted by Gasteiger charge is 2.19. The number of nitrogens with zero attached hydrogens (tertiary/aromatic N) is 1. The van der Waals surface area contributed by atoms with Crippen LogP contribution < -0.4 is 0 Å². The van der Waals surface area contributed by atoms with Crippen molar-refractivity contribution in [3.63, 3.8) is 0 Å². The first-order valence-electron chi connectivity index (χ1n) is 5.66. The number of carboxylic acid groups (broad SMARTS) is 1. The number of ether oxygens (including phenoxy) is 1. The van der Waals surface area contributed by atoms with E-state index in [1.165, 1.54) is 6.92 Å². The Labute approximate surface area is 110 Å². The molecule has 0 aliphatic heterocycles. The van der Waals surface area contributed by atoms with Crippen molar-refractivity contribution in [2.24, 2.45) is 0 Å². The summed E-state index contributed by atoms with van der Waals surface area (Å²) in [6, 6.07) is 8.99. The maximum absolute atomic E-state index is 11.7. The molecule has 1 rings (SSSR count). The summed E-state index contributed by atoms with van der Waals surface area (Å²) in [5.74, 6) is -1.50. The number of rotatable bonds is 6. The summed E-state index contributed by atoms with van der Waals surface area (Å²) in [4.78, 5) is 34.1. The van der Waals surface area contributed by atoms with Crippen LogP contribution in [0.5, 0.6) is 0 Å². The number of benzene rings is 1. The Balaban J connectivity index is 2.56. The lowest BCUT2D eigenvalue weighted by Gasteiger charge is -2.18. The van der Waals surface area contributed by atoms with Crippen LogP contribution >= 0.6 is 0 Å². The average Bonchev–Trinajstić information content (AvgIpc) is 2.35. The Morgan fingerprint density at radius 1 is 1.16 bits per heavy atom. The summed E-state index contributed by atoms with van der Waals surface area (Å²) in [5.41, 5.74) is 0.786. The molecule has 0 unspecified atom stereocenters. The molecule has 19 heavy (non-hydrogen) atoms. The van der Waals surface area contributed by atoms with E-state index in [9.17, 15) is 14.4 Å². The molecular formula is C13H15NO5. The summed E-state index contributed by atoms with van der Waals surface area (Å²) >= 11 is 0. The molecule has 6 heteroatoms. The fourth-order valence-corrected chi connectivity index (χ4v) is 1.43. The Hall–Kier alpha value is -2.37. The maximum atomic E-state index is 11.7. The van der Waals surface area contributed by atoms with Crippen LogP contribution in [0, 0.1) is 0 Å². The molecule has 0 saturated heterocycles. The molecular weight excluding hydrogens is 250 g/mol. The minimum Gasteiger partial charge on any atom is -0.480 e. The molecule has 1 amide bonds. The van der Waals surface area contributed by atoms with Gasteiger partial charge in [0.05, 0.1) is 6.54 Å². The molecule has 0 spiro atoms. The minimum absolute atomic E-state index is 0.0354. The van der Waals surface area contributed by atoms with Crippen molar-refractivity contribution in [3.05, 3.63) is 35.9 Å². The zero-order chi connectivity index (χ0) is 14.3. The third kappa shape index (κ3) is 5.67. The van der Waals surface area contributed by atoms with Gasteiger partial charge < -0.3 is 9.84 Å². The van der Waals surface area contributed by atoms with Gasteiger partial charge in [0.25, 0.3) is 0 Å². The van der Waals surface area contributed by atoms with E-state index in [4.69, 9.17) is 9.84 Å². The number of hydrogen-bond donors (Lipinski definition) is 1. The van der Waals surface area contributed by atoms with Gasteiger partial charge in [0.1, 0.15) is 18.9 Å². The van der Waals surface area contributed by atoms with E-state index in [1.54, 1.807) is 24.3 Å². The summed E-state index contributed by atoms with van der Waals surface area (Å²) < 4.78 is 4.96. The molecule has 0 bridgehead atoms. The van der Waals surface area contributed by atoms with Crippen LogP contribution in [-0.2, 0) is 20.9 Å². The molecule has 6 nitrogen and oxygen atoms in total. The van der Waals surface area contributed by atoms with E-state index in [0.717, 1.165) is 10.5 Å². The Morgan fingerprint density at radius 2 is 1.79 bits per heavy atom. The predicted molar refractivity (Wildman–Crippen MR) is 66.5 cm³/mol. The number of hydrogen-bond acceptors (Lipinski definition) is 4. The molecule has 0 aliphatic carbocycles. The Morgan fingerprint density at radius 3 is 2.32 bits per heavy atom. The third-order valence-corrected chi connectivity index (χ3v) is 2.20. The summed E-state index contributed by atoms with van der Waals surface area (Å²) in [6.07, 6.45) is -0.818. The van der Waals surface area contributed by atoms with Gasteiger partial charge in [-0.15, -0.1) is 0 Å². The van der Waals surface area contributed by atoms with Gasteiger partial charge in [-0.05, 0) is 12.5 Å². The second-order valence-electron chi connectivity index (χ2n) is 3.99. The quantitative estimate of drug-likeness (QED) is 0.838. The van der Waals surface area contributed by atoms with Crippen LogP contribution in [0.15, 0.2) is 30.3 Å². The highest BCUT2D eigenvalue weighted by molar-refractivity contribution is 5.84. The lowest BCUT2D eigenvalue weighted by atomic mass is 10.2. The first-order chi connectivity index (χ1) is 8.99. The first kappa shape index (κ1) is 14.7. The fourth-order valence-electron chi connectivity index (χ4n) is 1.43. The molecule has 1 aromatic rings. The van der Waals surface area contributed by atoms with E-state index in [0.29, 0.717) is 0 Å². The Kier molecular flexibility index (Phi) is 5.53. The smallest absolute Gasteiger partial charge is 0.411 e. The van der Waals surface area contributed by atoms with Gasteiger partial charge in [-0.2, -0.15) is 0 Å². The van der Waals surface area contributed by atoms with Crippen LogP contribution in [0.2, 0.25) is 0 Å². The number of aliphatic carboxylic acids is 1. The molecule has 0 aliphatic rings. The molecule has 0 fully saturated rings. The molecule has 1 N–H and O–H groups in total. The highest BCUT2D eigenvalue weighted by atomic mass is 16.6. The minimum atomic E-state index is -1.20. The lowest BCUT2D eigenvalue weighted by Crippen LogP contribution is -2.39. The van der Waals surface area contributed by atoms with Crippen molar-refractivity contribution < 1.29 is 24.2 Å². The third-order valence-electron chi connectivity index (χ3n) is 2.20. The second-order valence-corrected chi connectivity index (χ2v) is 3.99. The number of amides is 1. The van der Waals surface area contributed by atoms with E-state index >= 15 is 0 Å².